The predicted molar refractivity (Wildman–Crippen MR) is 105 cm³/mol. The Morgan fingerprint density at radius 2 is 2.12 bits per heavy atom. The van der Waals surface area contributed by atoms with Crippen molar-refractivity contribution in [3.63, 3.8) is 0 Å². The fourth-order valence-electron chi connectivity index (χ4n) is 3.80. The van der Waals surface area contributed by atoms with Crippen molar-refractivity contribution in [1.29, 1.82) is 0 Å². The summed E-state index contributed by atoms with van der Waals surface area (Å²) in [6.45, 7) is 3.30. The fourth-order valence-corrected chi connectivity index (χ4v) is 4.23. The summed E-state index contributed by atoms with van der Waals surface area (Å²) in [6.07, 6.45) is 0.956. The van der Waals surface area contributed by atoms with Crippen LogP contribution in [-0.2, 0) is 6.42 Å². The van der Waals surface area contributed by atoms with Crippen LogP contribution in [0.3, 0.4) is 0 Å². The number of nitrogens with one attached hydrogen (secondary N) is 2. The molecule has 5 nitrogen and oxygen atoms in total. The Morgan fingerprint density at radius 1 is 1.31 bits per heavy atom. The molecule has 0 fully saturated rings. The molecule has 4 rings (SSSR count). The number of hydrogen-bond donors (Lipinski definition) is 2. The van der Waals surface area contributed by atoms with E-state index in [0.29, 0.717) is 5.75 Å². The standard InChI is InChI=1S/C20H22N2O3S/c1-12-6-4-5-7-14(12)21-20(26)17-16-13(8-9-22(17)2)10-15-18(19(16)23-3)25-11-24-15/h4-7,10,17H,8-9,11H2,1-3H3,(H,21,26)/p+1/t17-/m0/s1. The first kappa shape index (κ1) is 17.1. The topological polar surface area (TPSA) is 44.2 Å². The van der Waals surface area contributed by atoms with Crippen molar-refractivity contribution in [2.45, 2.75) is 19.4 Å². The van der Waals surface area contributed by atoms with Crippen molar-refractivity contribution >= 4 is 22.9 Å². The SMILES string of the molecule is COc1c2c(cc3c1[C@@H](C(=S)Nc1ccccc1C)[NH+](C)CC3)OCO2. The van der Waals surface area contributed by atoms with Gasteiger partial charge in [0.1, 0.15) is 4.99 Å². The van der Waals surface area contributed by atoms with Crippen molar-refractivity contribution in [1.82, 2.24) is 0 Å². The minimum absolute atomic E-state index is 0.00203. The molecule has 0 saturated heterocycles. The molecule has 2 aliphatic heterocycles. The minimum atomic E-state index is -0.00203. The van der Waals surface area contributed by atoms with Gasteiger partial charge in [-0.15, -0.1) is 0 Å². The zero-order chi connectivity index (χ0) is 18.3. The van der Waals surface area contributed by atoms with E-state index in [1.807, 2.05) is 12.1 Å². The summed E-state index contributed by atoms with van der Waals surface area (Å²) in [4.78, 5) is 2.12. The lowest BCUT2D eigenvalue weighted by Crippen LogP contribution is -3.11. The van der Waals surface area contributed by atoms with Crippen molar-refractivity contribution in [2.24, 2.45) is 0 Å². The van der Waals surface area contributed by atoms with Crippen molar-refractivity contribution < 1.29 is 19.1 Å². The van der Waals surface area contributed by atoms with Gasteiger partial charge in [-0.05, 0) is 30.2 Å². The maximum absolute atomic E-state index is 5.84. The molecule has 0 aromatic heterocycles. The molecular weight excluding hydrogens is 348 g/mol. The number of benzene rings is 2. The number of methoxy groups -OCH3 is 1. The third-order valence-corrected chi connectivity index (χ3v) is 5.52. The monoisotopic (exact) mass is 371 g/mol. The lowest BCUT2D eigenvalue weighted by molar-refractivity contribution is -0.902. The molecular formula is C20H23N2O3S+. The van der Waals surface area contributed by atoms with E-state index in [0.717, 1.165) is 40.7 Å². The van der Waals surface area contributed by atoms with Gasteiger partial charge in [0.25, 0.3) is 0 Å². The number of hydrogen-bond acceptors (Lipinski definition) is 4. The first-order valence-electron chi connectivity index (χ1n) is 8.78. The number of ether oxygens (including phenoxy) is 3. The predicted octanol–water partition coefficient (Wildman–Crippen LogP) is 2.28. The lowest BCUT2D eigenvalue weighted by Gasteiger charge is -2.33. The van der Waals surface area contributed by atoms with Gasteiger partial charge in [0.15, 0.2) is 17.5 Å². The Bertz CT molecular complexity index is 868. The fraction of sp³-hybridized carbons (Fsp3) is 0.350. The summed E-state index contributed by atoms with van der Waals surface area (Å²) in [5, 5.41) is 3.45. The maximum atomic E-state index is 5.84. The molecule has 1 unspecified atom stereocenters. The third kappa shape index (κ3) is 2.79. The Balaban J connectivity index is 1.76. The molecule has 2 aromatic rings. The number of aryl methyl sites for hydroxylation is 1. The summed E-state index contributed by atoms with van der Waals surface area (Å²) < 4.78 is 17.0. The van der Waals surface area contributed by atoms with Gasteiger partial charge >= 0.3 is 0 Å². The van der Waals surface area contributed by atoms with E-state index in [1.165, 1.54) is 16.0 Å². The van der Waals surface area contributed by atoms with Crippen LogP contribution in [0.1, 0.15) is 22.7 Å². The van der Waals surface area contributed by atoms with Gasteiger partial charge in [-0.3, -0.25) is 0 Å². The summed E-state index contributed by atoms with van der Waals surface area (Å²) in [7, 11) is 3.85. The van der Waals surface area contributed by atoms with E-state index in [-0.39, 0.29) is 12.8 Å². The van der Waals surface area contributed by atoms with Crippen LogP contribution in [0.2, 0.25) is 0 Å². The zero-order valence-electron chi connectivity index (χ0n) is 15.2. The first-order chi connectivity index (χ1) is 12.6. The summed E-state index contributed by atoms with van der Waals surface area (Å²) in [5.41, 5.74) is 4.53. The molecule has 2 heterocycles. The second-order valence-electron chi connectivity index (χ2n) is 6.80. The molecule has 26 heavy (non-hydrogen) atoms. The van der Waals surface area contributed by atoms with E-state index in [2.05, 4.69) is 37.5 Å². The highest BCUT2D eigenvalue weighted by Crippen LogP contribution is 2.47. The Hall–Kier alpha value is -2.31. The minimum Gasteiger partial charge on any atom is -0.492 e. The average Bonchev–Trinajstić information content (AvgIpc) is 3.10. The van der Waals surface area contributed by atoms with E-state index < -0.39 is 0 Å². The molecule has 6 heteroatoms. The van der Waals surface area contributed by atoms with Crippen LogP contribution < -0.4 is 24.4 Å². The number of thiocarbonyl (C=S) groups is 1. The molecule has 136 valence electrons. The number of anilines is 1. The van der Waals surface area contributed by atoms with Gasteiger partial charge in [-0.2, -0.15) is 0 Å². The quantitative estimate of drug-likeness (QED) is 0.811. The Kier molecular flexibility index (Phi) is 4.46. The molecule has 0 aliphatic carbocycles. The van der Waals surface area contributed by atoms with Gasteiger partial charge in [-0.25, -0.2) is 0 Å². The Labute approximate surface area is 158 Å². The lowest BCUT2D eigenvalue weighted by atomic mass is 9.90. The third-order valence-electron chi connectivity index (χ3n) is 5.18. The van der Waals surface area contributed by atoms with Gasteiger partial charge < -0.3 is 24.4 Å². The Morgan fingerprint density at radius 3 is 2.88 bits per heavy atom. The van der Waals surface area contributed by atoms with Crippen LogP contribution >= 0.6 is 12.2 Å². The summed E-state index contributed by atoms with van der Waals surface area (Å²) >= 11 is 5.84. The highest BCUT2D eigenvalue weighted by molar-refractivity contribution is 7.80. The number of para-hydroxylation sites is 1. The van der Waals surface area contributed by atoms with Gasteiger partial charge in [-0.1, -0.05) is 30.4 Å². The molecule has 0 amide bonds. The van der Waals surface area contributed by atoms with Crippen LogP contribution in [0.5, 0.6) is 17.2 Å². The number of likely N-dealkylation sites (N-methyl/N-ethyl adjacent to an activating group) is 1. The average molecular weight is 371 g/mol. The van der Waals surface area contributed by atoms with E-state index in [9.17, 15) is 0 Å². The van der Waals surface area contributed by atoms with Gasteiger partial charge in [0.05, 0.1) is 26.3 Å². The van der Waals surface area contributed by atoms with Crippen molar-refractivity contribution in [3.05, 3.63) is 47.0 Å². The second kappa shape index (κ2) is 6.78. The van der Waals surface area contributed by atoms with Crippen LogP contribution in [0.15, 0.2) is 30.3 Å². The first-order valence-corrected chi connectivity index (χ1v) is 9.19. The smallest absolute Gasteiger partial charge is 0.231 e. The largest absolute Gasteiger partial charge is 0.492 e. The molecule has 0 spiro atoms. The zero-order valence-corrected chi connectivity index (χ0v) is 16.0. The highest BCUT2D eigenvalue weighted by Gasteiger charge is 2.38. The number of quaternary nitrogens is 1. The maximum Gasteiger partial charge on any atom is 0.231 e. The van der Waals surface area contributed by atoms with Crippen LogP contribution in [0.4, 0.5) is 5.69 Å². The molecule has 2 aromatic carbocycles. The summed E-state index contributed by atoms with van der Waals surface area (Å²) in [6, 6.07) is 10.3. The van der Waals surface area contributed by atoms with Crippen molar-refractivity contribution in [2.75, 3.05) is 32.8 Å². The second-order valence-corrected chi connectivity index (χ2v) is 7.24. The van der Waals surface area contributed by atoms with Crippen LogP contribution in [0, 0.1) is 6.92 Å². The van der Waals surface area contributed by atoms with E-state index in [1.54, 1.807) is 7.11 Å². The molecule has 0 radical (unpaired) electrons. The van der Waals surface area contributed by atoms with Gasteiger partial charge in [0.2, 0.25) is 12.5 Å². The number of fused-ring (bicyclic) bond motifs is 2. The molecule has 0 saturated carbocycles. The number of rotatable bonds is 3. The van der Waals surface area contributed by atoms with Crippen LogP contribution in [0.25, 0.3) is 0 Å². The molecule has 2 N–H and O–H groups in total. The van der Waals surface area contributed by atoms with Crippen LogP contribution in [-0.4, -0.2) is 32.5 Å². The van der Waals surface area contributed by atoms with Gasteiger partial charge in [0, 0.05) is 12.1 Å². The normalized spacial score (nSPS) is 20.4. The van der Waals surface area contributed by atoms with E-state index >= 15 is 0 Å². The molecule has 2 atom stereocenters. The molecule has 0 bridgehead atoms. The molecule has 2 aliphatic rings. The highest BCUT2D eigenvalue weighted by atomic mass is 32.1. The summed E-state index contributed by atoms with van der Waals surface area (Å²) in [5.74, 6) is 2.19. The van der Waals surface area contributed by atoms with E-state index in [4.69, 9.17) is 26.4 Å². The van der Waals surface area contributed by atoms with Crippen molar-refractivity contribution in [3.8, 4) is 17.2 Å².